The number of carbonyl (C=O) groups excluding carboxylic acids is 1. The molecular weight excluding hydrogens is 416 g/mol. The van der Waals surface area contributed by atoms with Gasteiger partial charge in [0, 0.05) is 49.6 Å². The number of hydrogen-bond donors (Lipinski definition) is 2. The number of aromatic nitrogens is 5. The van der Waals surface area contributed by atoms with E-state index in [1.165, 1.54) is 0 Å². The van der Waals surface area contributed by atoms with E-state index in [4.69, 9.17) is 0 Å². The molecule has 33 heavy (non-hydrogen) atoms. The van der Waals surface area contributed by atoms with Gasteiger partial charge in [-0.25, -0.2) is 4.98 Å². The lowest BCUT2D eigenvalue weighted by Crippen LogP contribution is -2.42. The van der Waals surface area contributed by atoms with Crippen LogP contribution in [0.4, 0.5) is 11.5 Å². The van der Waals surface area contributed by atoms with Crippen molar-refractivity contribution < 1.29 is 4.79 Å². The maximum atomic E-state index is 13.2. The number of aryl methyl sites for hydroxylation is 3. The molecule has 0 bridgehead atoms. The third kappa shape index (κ3) is 4.04. The molecular formula is C24H30N8O. The third-order valence-electron chi connectivity index (χ3n) is 6.31. The molecule has 1 amide bonds. The third-order valence-corrected chi connectivity index (χ3v) is 6.31. The van der Waals surface area contributed by atoms with Gasteiger partial charge in [0.1, 0.15) is 5.52 Å². The highest BCUT2D eigenvalue weighted by Crippen LogP contribution is 2.31. The minimum Gasteiger partial charge on any atom is -0.371 e. The average molecular weight is 447 g/mol. The molecule has 0 radical (unpaired) electrons. The Morgan fingerprint density at radius 3 is 2.67 bits per heavy atom. The summed E-state index contributed by atoms with van der Waals surface area (Å²) in [6, 6.07) is 4.50. The van der Waals surface area contributed by atoms with Crippen LogP contribution >= 0.6 is 0 Å². The number of imidazole rings is 1. The molecule has 0 aliphatic carbocycles. The maximum absolute atomic E-state index is 13.2. The van der Waals surface area contributed by atoms with Crippen molar-refractivity contribution in [3.05, 3.63) is 47.7 Å². The molecule has 1 aliphatic rings. The van der Waals surface area contributed by atoms with Crippen LogP contribution in [0.5, 0.6) is 0 Å². The van der Waals surface area contributed by atoms with Crippen LogP contribution in [0.3, 0.4) is 0 Å². The van der Waals surface area contributed by atoms with Gasteiger partial charge in [0.2, 0.25) is 0 Å². The molecule has 0 saturated carbocycles. The monoisotopic (exact) mass is 446 g/mol. The number of carbonyl (C=O) groups is 1. The predicted molar refractivity (Wildman–Crippen MR) is 130 cm³/mol. The van der Waals surface area contributed by atoms with Crippen molar-refractivity contribution in [2.24, 2.45) is 7.05 Å². The molecule has 9 nitrogen and oxygen atoms in total. The van der Waals surface area contributed by atoms with Crippen molar-refractivity contribution in [2.75, 3.05) is 29.9 Å². The van der Waals surface area contributed by atoms with Crippen molar-refractivity contribution in [2.45, 2.75) is 39.7 Å². The standard InChI is InChI=1S/C24H30N8O/c1-5-25-17-8-10-31(11-9-17)20-7-6-18(22-19(20)13-30(4)29-22)24(33)28-21-14-32-12-15(2)26-16(3)23(32)27-21/h6-7,12-14,17,25H,5,8-11H2,1-4H3,(H,28,33). The van der Waals surface area contributed by atoms with Gasteiger partial charge >= 0.3 is 0 Å². The van der Waals surface area contributed by atoms with Crippen molar-refractivity contribution in [1.29, 1.82) is 0 Å². The Morgan fingerprint density at radius 2 is 1.91 bits per heavy atom. The fraction of sp³-hybridized carbons (Fsp3) is 0.417. The summed E-state index contributed by atoms with van der Waals surface area (Å²) >= 11 is 0. The number of nitrogens with one attached hydrogen (secondary N) is 2. The van der Waals surface area contributed by atoms with Crippen LogP contribution in [-0.4, -0.2) is 55.7 Å². The van der Waals surface area contributed by atoms with Gasteiger partial charge in [-0.15, -0.1) is 0 Å². The normalized spacial score (nSPS) is 15.0. The summed E-state index contributed by atoms with van der Waals surface area (Å²) < 4.78 is 3.67. The summed E-state index contributed by atoms with van der Waals surface area (Å²) in [5.74, 6) is 0.274. The Balaban J connectivity index is 1.43. The lowest BCUT2D eigenvalue weighted by Gasteiger charge is -2.34. The molecule has 1 aliphatic heterocycles. The SMILES string of the molecule is CCNC1CCN(c2ccc(C(=O)Nc3cn4cc(C)nc(C)c4n3)c3nn(C)cc23)CC1. The van der Waals surface area contributed by atoms with Crippen LogP contribution < -0.4 is 15.5 Å². The minimum absolute atomic E-state index is 0.221. The summed E-state index contributed by atoms with van der Waals surface area (Å²) in [4.78, 5) is 24.6. The highest BCUT2D eigenvalue weighted by atomic mass is 16.1. The van der Waals surface area contributed by atoms with Gasteiger partial charge in [-0.2, -0.15) is 5.10 Å². The fourth-order valence-electron chi connectivity index (χ4n) is 4.83. The number of anilines is 2. The Hall–Kier alpha value is -3.46. The second-order valence-corrected chi connectivity index (χ2v) is 8.80. The van der Waals surface area contributed by atoms with E-state index in [0.717, 1.165) is 60.6 Å². The van der Waals surface area contributed by atoms with Crippen molar-refractivity contribution in [3.63, 3.8) is 0 Å². The van der Waals surface area contributed by atoms with Gasteiger partial charge in [-0.05, 0) is 45.4 Å². The first-order chi connectivity index (χ1) is 15.9. The summed E-state index contributed by atoms with van der Waals surface area (Å²) in [5, 5.41) is 12.1. The van der Waals surface area contributed by atoms with Gasteiger partial charge in [-0.1, -0.05) is 6.92 Å². The maximum Gasteiger partial charge on any atom is 0.259 e. The van der Waals surface area contributed by atoms with Gasteiger partial charge < -0.3 is 19.9 Å². The van der Waals surface area contributed by atoms with Gasteiger partial charge in [0.05, 0.1) is 23.1 Å². The Bertz CT molecular complexity index is 1330. The van der Waals surface area contributed by atoms with E-state index in [2.05, 4.69) is 37.5 Å². The topological polar surface area (TPSA) is 92.4 Å². The predicted octanol–water partition coefficient (Wildman–Crippen LogP) is 3.06. The smallest absolute Gasteiger partial charge is 0.259 e. The molecule has 1 fully saturated rings. The quantitative estimate of drug-likeness (QED) is 0.490. The molecule has 172 valence electrons. The van der Waals surface area contributed by atoms with Crippen molar-refractivity contribution in [1.82, 2.24) is 29.5 Å². The Labute approximate surface area is 192 Å². The van der Waals surface area contributed by atoms with E-state index >= 15 is 0 Å². The molecule has 1 aromatic carbocycles. The molecule has 4 aromatic rings. The molecule has 0 unspecified atom stereocenters. The number of nitrogens with zero attached hydrogens (tertiary/aromatic N) is 6. The molecule has 5 rings (SSSR count). The van der Waals surface area contributed by atoms with E-state index < -0.39 is 0 Å². The Kier molecular flexibility index (Phi) is 5.49. The number of fused-ring (bicyclic) bond motifs is 2. The molecule has 3 aromatic heterocycles. The van der Waals surface area contributed by atoms with Crippen LogP contribution in [0.1, 0.15) is 41.5 Å². The van der Waals surface area contributed by atoms with E-state index in [-0.39, 0.29) is 5.91 Å². The molecule has 9 heteroatoms. The number of hydrogen-bond acceptors (Lipinski definition) is 6. The zero-order valence-corrected chi connectivity index (χ0v) is 19.6. The first-order valence-corrected chi connectivity index (χ1v) is 11.5. The van der Waals surface area contributed by atoms with Crippen LogP contribution in [-0.2, 0) is 7.05 Å². The lowest BCUT2D eigenvalue weighted by molar-refractivity contribution is 0.102. The average Bonchev–Trinajstić information content (AvgIpc) is 3.36. The number of piperidine rings is 1. The lowest BCUT2D eigenvalue weighted by atomic mass is 10.0. The molecule has 4 heterocycles. The fourth-order valence-corrected chi connectivity index (χ4v) is 4.83. The number of rotatable bonds is 5. The van der Waals surface area contributed by atoms with E-state index in [9.17, 15) is 4.79 Å². The molecule has 0 atom stereocenters. The molecule has 0 spiro atoms. The minimum atomic E-state index is -0.221. The highest BCUT2D eigenvalue weighted by Gasteiger charge is 2.23. The summed E-state index contributed by atoms with van der Waals surface area (Å²) in [7, 11) is 1.89. The zero-order chi connectivity index (χ0) is 23.1. The summed E-state index contributed by atoms with van der Waals surface area (Å²) in [6.45, 7) is 8.98. The Morgan fingerprint density at radius 1 is 1.12 bits per heavy atom. The first kappa shape index (κ1) is 21.4. The van der Waals surface area contributed by atoms with E-state index in [1.54, 1.807) is 4.68 Å². The van der Waals surface area contributed by atoms with Crippen LogP contribution in [0.2, 0.25) is 0 Å². The highest BCUT2D eigenvalue weighted by molar-refractivity contribution is 6.13. The van der Waals surface area contributed by atoms with Gasteiger partial charge in [-0.3, -0.25) is 14.5 Å². The van der Waals surface area contributed by atoms with E-state index in [0.29, 0.717) is 22.9 Å². The summed E-state index contributed by atoms with van der Waals surface area (Å²) in [6.07, 6.45) is 7.93. The first-order valence-electron chi connectivity index (χ1n) is 11.5. The second-order valence-electron chi connectivity index (χ2n) is 8.80. The van der Waals surface area contributed by atoms with Crippen molar-refractivity contribution in [3.8, 4) is 0 Å². The summed E-state index contributed by atoms with van der Waals surface area (Å²) in [5.41, 5.74) is 4.84. The van der Waals surface area contributed by atoms with Crippen LogP contribution in [0.15, 0.2) is 30.7 Å². The van der Waals surface area contributed by atoms with Crippen LogP contribution in [0.25, 0.3) is 16.6 Å². The number of amides is 1. The molecule has 2 N–H and O–H groups in total. The molecule has 1 saturated heterocycles. The van der Waals surface area contributed by atoms with Crippen LogP contribution in [0, 0.1) is 13.8 Å². The number of benzene rings is 1. The van der Waals surface area contributed by atoms with Crippen molar-refractivity contribution >= 4 is 34.0 Å². The largest absolute Gasteiger partial charge is 0.371 e. The zero-order valence-electron chi connectivity index (χ0n) is 19.6. The second kappa shape index (κ2) is 8.47. The van der Waals surface area contributed by atoms with E-state index in [1.807, 2.05) is 56.0 Å². The van der Waals surface area contributed by atoms with Gasteiger partial charge in [0.15, 0.2) is 11.5 Å². The van der Waals surface area contributed by atoms with Gasteiger partial charge in [0.25, 0.3) is 5.91 Å².